The molecule has 142 valence electrons. The summed E-state index contributed by atoms with van der Waals surface area (Å²) in [6.07, 6.45) is 0. The monoisotopic (exact) mass is 371 g/mol. The van der Waals surface area contributed by atoms with Crippen molar-refractivity contribution < 1.29 is 14.0 Å². The zero-order chi connectivity index (χ0) is 19.4. The highest BCUT2D eigenvalue weighted by molar-refractivity contribution is 5.93. The number of carbonyl (C=O) groups excluding carboxylic acids is 2. The van der Waals surface area contributed by atoms with E-state index in [-0.39, 0.29) is 35.8 Å². The van der Waals surface area contributed by atoms with Crippen LogP contribution in [0, 0.1) is 12.7 Å². The lowest BCUT2D eigenvalue weighted by Gasteiger charge is -2.34. The van der Waals surface area contributed by atoms with Gasteiger partial charge >= 0.3 is 0 Å². The lowest BCUT2D eigenvalue weighted by molar-refractivity contribution is -0.130. The first kappa shape index (κ1) is 18.8. The highest BCUT2D eigenvalue weighted by atomic mass is 19.1. The first-order valence-electron chi connectivity index (χ1n) is 8.82. The van der Waals surface area contributed by atoms with Gasteiger partial charge in [-0.05, 0) is 19.1 Å². The molecule has 2 aromatic rings. The molecule has 27 heavy (non-hydrogen) atoms. The number of amides is 2. The molecule has 0 unspecified atom stereocenters. The van der Waals surface area contributed by atoms with E-state index in [4.69, 9.17) is 0 Å². The minimum Gasteiger partial charge on any atom is -0.350 e. The number of anilines is 1. The van der Waals surface area contributed by atoms with Crippen molar-refractivity contribution in [2.45, 2.75) is 20.4 Å². The zero-order valence-corrected chi connectivity index (χ0v) is 15.4. The Morgan fingerprint density at radius 3 is 2.44 bits per heavy atom. The average Bonchev–Trinajstić information content (AvgIpc) is 2.66. The molecule has 1 aromatic heterocycles. The number of hydrogen-bond acceptors (Lipinski definition) is 5. The lowest BCUT2D eigenvalue weighted by atomic mass is 10.2. The van der Waals surface area contributed by atoms with Crippen molar-refractivity contribution in [2.24, 2.45) is 0 Å². The summed E-state index contributed by atoms with van der Waals surface area (Å²) >= 11 is 0. The molecule has 0 spiro atoms. The summed E-state index contributed by atoms with van der Waals surface area (Å²) in [5.74, 6) is -0.210. The average molecular weight is 371 g/mol. The van der Waals surface area contributed by atoms with E-state index in [1.165, 1.54) is 13.0 Å². The third kappa shape index (κ3) is 4.58. The highest BCUT2D eigenvalue weighted by Gasteiger charge is 2.24. The van der Waals surface area contributed by atoms with Crippen LogP contribution >= 0.6 is 0 Å². The fraction of sp³-hybridized carbons (Fsp3) is 0.368. The molecule has 1 fully saturated rings. The zero-order valence-electron chi connectivity index (χ0n) is 15.4. The van der Waals surface area contributed by atoms with E-state index < -0.39 is 0 Å². The van der Waals surface area contributed by atoms with Gasteiger partial charge in [-0.2, -0.15) is 0 Å². The molecule has 1 saturated heterocycles. The van der Waals surface area contributed by atoms with E-state index in [1.54, 1.807) is 41.0 Å². The normalized spacial score (nSPS) is 14.2. The van der Waals surface area contributed by atoms with Gasteiger partial charge in [0.15, 0.2) is 0 Å². The van der Waals surface area contributed by atoms with Gasteiger partial charge in [0, 0.05) is 50.9 Å². The Morgan fingerprint density at radius 1 is 1.11 bits per heavy atom. The number of aromatic nitrogens is 2. The standard InChI is InChI=1S/C19H22FN5O2/c1-13-11-17(18(27)25-9-7-24(8-10-25)14(2)26)23-19(22-13)21-12-15-5-3-4-6-16(15)20/h3-6,11H,7-10,12H2,1-2H3,(H,21,22,23). The van der Waals surface area contributed by atoms with Crippen molar-refractivity contribution in [3.8, 4) is 0 Å². The molecule has 1 aliphatic heterocycles. The van der Waals surface area contributed by atoms with Crippen molar-refractivity contribution in [3.63, 3.8) is 0 Å². The molecule has 0 atom stereocenters. The predicted octanol–water partition coefficient (Wildman–Crippen LogP) is 1.84. The number of aryl methyl sites for hydroxylation is 1. The van der Waals surface area contributed by atoms with Gasteiger partial charge in [-0.15, -0.1) is 0 Å². The Balaban J connectivity index is 1.69. The molecular weight excluding hydrogens is 349 g/mol. The quantitative estimate of drug-likeness (QED) is 0.887. The maximum atomic E-state index is 13.7. The van der Waals surface area contributed by atoms with Crippen LogP contribution in [0.2, 0.25) is 0 Å². The van der Waals surface area contributed by atoms with Gasteiger partial charge in [-0.1, -0.05) is 18.2 Å². The van der Waals surface area contributed by atoms with E-state index in [2.05, 4.69) is 15.3 Å². The van der Waals surface area contributed by atoms with Gasteiger partial charge in [-0.25, -0.2) is 14.4 Å². The molecule has 3 rings (SSSR count). The molecule has 7 nitrogen and oxygen atoms in total. The van der Waals surface area contributed by atoms with Crippen molar-refractivity contribution in [1.82, 2.24) is 19.8 Å². The molecule has 0 saturated carbocycles. The molecule has 8 heteroatoms. The van der Waals surface area contributed by atoms with Gasteiger partial charge in [0.25, 0.3) is 5.91 Å². The number of halogens is 1. The molecular formula is C19H22FN5O2. The third-order valence-corrected chi connectivity index (χ3v) is 4.48. The number of nitrogens with one attached hydrogen (secondary N) is 1. The van der Waals surface area contributed by atoms with Crippen molar-refractivity contribution in [1.29, 1.82) is 0 Å². The largest absolute Gasteiger partial charge is 0.350 e. The molecule has 1 aromatic carbocycles. The van der Waals surface area contributed by atoms with Crippen LogP contribution in [0.15, 0.2) is 30.3 Å². The minimum atomic E-state index is -0.308. The van der Waals surface area contributed by atoms with E-state index >= 15 is 0 Å². The van der Waals surface area contributed by atoms with Crippen LogP contribution in [0.25, 0.3) is 0 Å². The second-order valence-corrected chi connectivity index (χ2v) is 6.46. The highest BCUT2D eigenvalue weighted by Crippen LogP contribution is 2.13. The summed E-state index contributed by atoms with van der Waals surface area (Å²) in [5, 5.41) is 2.98. The van der Waals surface area contributed by atoms with Crippen LogP contribution in [-0.4, -0.2) is 57.8 Å². The Bertz CT molecular complexity index is 850. The summed E-state index contributed by atoms with van der Waals surface area (Å²) in [4.78, 5) is 36.1. The number of benzene rings is 1. The molecule has 0 bridgehead atoms. The maximum Gasteiger partial charge on any atom is 0.272 e. The fourth-order valence-corrected chi connectivity index (χ4v) is 2.96. The van der Waals surface area contributed by atoms with Gasteiger partial charge in [0.05, 0.1) is 0 Å². The Kier molecular flexibility index (Phi) is 5.63. The summed E-state index contributed by atoms with van der Waals surface area (Å²) < 4.78 is 13.7. The van der Waals surface area contributed by atoms with Crippen LogP contribution < -0.4 is 5.32 Å². The summed E-state index contributed by atoms with van der Waals surface area (Å²) in [6.45, 7) is 5.51. The Labute approximate surface area is 157 Å². The van der Waals surface area contributed by atoms with Crippen LogP contribution in [0.5, 0.6) is 0 Å². The van der Waals surface area contributed by atoms with Crippen LogP contribution in [0.4, 0.5) is 10.3 Å². The van der Waals surface area contributed by atoms with Crippen molar-refractivity contribution in [3.05, 3.63) is 53.1 Å². The Hall–Kier alpha value is -3.03. The molecule has 1 aliphatic rings. The third-order valence-electron chi connectivity index (χ3n) is 4.48. The van der Waals surface area contributed by atoms with Crippen LogP contribution in [0.3, 0.4) is 0 Å². The summed E-state index contributed by atoms with van der Waals surface area (Å²) in [6, 6.07) is 8.09. The summed E-state index contributed by atoms with van der Waals surface area (Å²) in [7, 11) is 0. The second-order valence-electron chi connectivity index (χ2n) is 6.46. The van der Waals surface area contributed by atoms with Gasteiger partial charge in [0.1, 0.15) is 11.5 Å². The smallest absolute Gasteiger partial charge is 0.272 e. The topological polar surface area (TPSA) is 78.4 Å². The Morgan fingerprint density at radius 2 is 1.78 bits per heavy atom. The minimum absolute atomic E-state index is 0.0135. The molecule has 2 heterocycles. The number of hydrogen-bond donors (Lipinski definition) is 1. The predicted molar refractivity (Wildman–Crippen MR) is 98.7 cm³/mol. The second kappa shape index (κ2) is 8.11. The first-order valence-corrected chi connectivity index (χ1v) is 8.82. The molecule has 0 aliphatic carbocycles. The van der Waals surface area contributed by atoms with Gasteiger partial charge in [0.2, 0.25) is 11.9 Å². The van der Waals surface area contributed by atoms with Crippen molar-refractivity contribution in [2.75, 3.05) is 31.5 Å². The molecule has 0 radical (unpaired) electrons. The number of piperazine rings is 1. The van der Waals surface area contributed by atoms with E-state index in [1.807, 2.05) is 0 Å². The number of rotatable bonds is 4. The first-order chi connectivity index (χ1) is 12.9. The van der Waals surface area contributed by atoms with Crippen LogP contribution in [0.1, 0.15) is 28.7 Å². The van der Waals surface area contributed by atoms with Gasteiger partial charge in [-0.3, -0.25) is 9.59 Å². The van der Waals surface area contributed by atoms with Crippen LogP contribution in [-0.2, 0) is 11.3 Å². The molecule has 2 amide bonds. The lowest BCUT2D eigenvalue weighted by Crippen LogP contribution is -2.50. The summed E-state index contributed by atoms with van der Waals surface area (Å²) in [5.41, 5.74) is 1.43. The van der Waals surface area contributed by atoms with Gasteiger partial charge < -0.3 is 15.1 Å². The number of nitrogens with zero attached hydrogens (tertiary/aromatic N) is 4. The fourth-order valence-electron chi connectivity index (χ4n) is 2.96. The molecule has 1 N–H and O–H groups in total. The van der Waals surface area contributed by atoms with E-state index in [0.717, 1.165) is 0 Å². The van der Waals surface area contributed by atoms with Crippen molar-refractivity contribution >= 4 is 17.8 Å². The number of carbonyl (C=O) groups is 2. The van der Waals surface area contributed by atoms with E-state index in [0.29, 0.717) is 37.4 Å². The van der Waals surface area contributed by atoms with E-state index in [9.17, 15) is 14.0 Å². The SMILES string of the molecule is CC(=O)N1CCN(C(=O)c2cc(C)nc(NCc3ccccc3F)n2)CC1. The maximum absolute atomic E-state index is 13.7.